The summed E-state index contributed by atoms with van der Waals surface area (Å²) in [5.74, 6) is 1.75. The second kappa shape index (κ2) is 6.48. The van der Waals surface area contributed by atoms with Gasteiger partial charge in [0, 0.05) is 12.7 Å². The van der Waals surface area contributed by atoms with Gasteiger partial charge in [0.05, 0.1) is 12.3 Å². The standard InChI is InChI=1S/C17H23N3O/c1-12(2)11-21-17-14(18)9-10-16(19-17)20(4)15-8-6-5-7-13(15)3/h5-10,12H,11,18H2,1-4H3. The van der Waals surface area contributed by atoms with Gasteiger partial charge in [-0.2, -0.15) is 4.98 Å². The van der Waals surface area contributed by atoms with Gasteiger partial charge in [-0.25, -0.2) is 0 Å². The molecule has 0 aliphatic heterocycles. The van der Waals surface area contributed by atoms with Crippen LogP contribution in [0.4, 0.5) is 17.2 Å². The summed E-state index contributed by atoms with van der Waals surface area (Å²) in [5, 5.41) is 0. The average molecular weight is 285 g/mol. The van der Waals surface area contributed by atoms with E-state index in [-0.39, 0.29) is 0 Å². The van der Waals surface area contributed by atoms with E-state index in [4.69, 9.17) is 10.5 Å². The molecule has 1 aromatic heterocycles. The molecule has 4 nitrogen and oxygen atoms in total. The Labute approximate surface area is 126 Å². The lowest BCUT2D eigenvalue weighted by atomic mass is 10.2. The van der Waals surface area contributed by atoms with Gasteiger partial charge < -0.3 is 15.4 Å². The number of hydrogen-bond donors (Lipinski definition) is 1. The van der Waals surface area contributed by atoms with Crippen molar-refractivity contribution in [3.63, 3.8) is 0 Å². The number of pyridine rings is 1. The fourth-order valence-corrected chi connectivity index (χ4v) is 2.05. The fourth-order valence-electron chi connectivity index (χ4n) is 2.05. The summed E-state index contributed by atoms with van der Waals surface area (Å²) in [6, 6.07) is 11.9. The molecule has 0 unspecified atom stereocenters. The second-order valence-corrected chi connectivity index (χ2v) is 5.61. The van der Waals surface area contributed by atoms with E-state index >= 15 is 0 Å². The average Bonchev–Trinajstić information content (AvgIpc) is 2.46. The molecule has 0 fully saturated rings. The highest BCUT2D eigenvalue weighted by molar-refractivity contribution is 5.65. The second-order valence-electron chi connectivity index (χ2n) is 5.61. The summed E-state index contributed by atoms with van der Waals surface area (Å²) < 4.78 is 5.69. The largest absolute Gasteiger partial charge is 0.476 e. The minimum atomic E-state index is 0.434. The molecule has 1 aromatic carbocycles. The van der Waals surface area contributed by atoms with Crippen LogP contribution in [0, 0.1) is 12.8 Å². The molecule has 4 heteroatoms. The molecule has 0 bridgehead atoms. The van der Waals surface area contributed by atoms with Crippen LogP contribution < -0.4 is 15.4 Å². The molecule has 0 atom stereocenters. The zero-order valence-electron chi connectivity index (χ0n) is 13.1. The summed E-state index contributed by atoms with van der Waals surface area (Å²) in [6.45, 7) is 6.88. The van der Waals surface area contributed by atoms with E-state index in [1.165, 1.54) is 5.56 Å². The van der Waals surface area contributed by atoms with E-state index in [0.717, 1.165) is 11.5 Å². The molecule has 0 saturated heterocycles. The highest BCUT2D eigenvalue weighted by Crippen LogP contribution is 2.29. The van der Waals surface area contributed by atoms with Crippen LogP contribution in [0.25, 0.3) is 0 Å². The molecular formula is C17H23N3O. The zero-order valence-corrected chi connectivity index (χ0v) is 13.1. The monoisotopic (exact) mass is 285 g/mol. The van der Waals surface area contributed by atoms with Gasteiger partial charge in [-0.1, -0.05) is 32.0 Å². The third-order valence-corrected chi connectivity index (χ3v) is 3.25. The third-order valence-electron chi connectivity index (χ3n) is 3.25. The molecular weight excluding hydrogens is 262 g/mol. The molecule has 0 aliphatic rings. The van der Waals surface area contributed by atoms with Crippen LogP contribution >= 0.6 is 0 Å². The van der Waals surface area contributed by atoms with Crippen LogP contribution in [0.5, 0.6) is 5.88 Å². The highest BCUT2D eigenvalue weighted by atomic mass is 16.5. The number of nitrogens with two attached hydrogens (primary N) is 1. The molecule has 112 valence electrons. The normalized spacial score (nSPS) is 10.7. The third kappa shape index (κ3) is 3.66. The molecule has 2 aromatic rings. The van der Waals surface area contributed by atoms with Crippen molar-refractivity contribution in [2.75, 3.05) is 24.3 Å². The topological polar surface area (TPSA) is 51.4 Å². The highest BCUT2D eigenvalue weighted by Gasteiger charge is 2.11. The van der Waals surface area contributed by atoms with E-state index in [9.17, 15) is 0 Å². The van der Waals surface area contributed by atoms with Crippen LogP contribution in [0.1, 0.15) is 19.4 Å². The lowest BCUT2D eigenvalue weighted by Crippen LogP contribution is -2.14. The van der Waals surface area contributed by atoms with Crippen LogP contribution in [0.2, 0.25) is 0 Å². The fraction of sp³-hybridized carbons (Fsp3) is 0.353. The molecule has 0 saturated carbocycles. The molecule has 0 amide bonds. The van der Waals surface area contributed by atoms with Crippen molar-refractivity contribution in [3.8, 4) is 5.88 Å². The van der Waals surface area contributed by atoms with E-state index in [1.54, 1.807) is 0 Å². The van der Waals surface area contributed by atoms with E-state index in [2.05, 4.69) is 37.9 Å². The summed E-state index contributed by atoms with van der Waals surface area (Å²) >= 11 is 0. The summed E-state index contributed by atoms with van der Waals surface area (Å²) in [4.78, 5) is 6.58. The van der Waals surface area contributed by atoms with Crippen LogP contribution in [-0.4, -0.2) is 18.6 Å². The number of aryl methyl sites for hydroxylation is 1. The van der Waals surface area contributed by atoms with E-state index in [0.29, 0.717) is 24.1 Å². The Bertz CT molecular complexity index is 611. The zero-order chi connectivity index (χ0) is 15.4. The minimum absolute atomic E-state index is 0.434. The SMILES string of the molecule is Cc1ccccc1N(C)c1ccc(N)c(OCC(C)C)n1. The van der Waals surface area contributed by atoms with Crippen molar-refractivity contribution in [1.29, 1.82) is 0 Å². The van der Waals surface area contributed by atoms with Gasteiger partial charge in [-0.15, -0.1) is 0 Å². The van der Waals surface area contributed by atoms with Gasteiger partial charge in [0.15, 0.2) is 0 Å². The number of nitrogen functional groups attached to an aromatic ring is 1. The Morgan fingerprint density at radius 1 is 1.19 bits per heavy atom. The maximum absolute atomic E-state index is 5.94. The maximum Gasteiger partial charge on any atom is 0.239 e. The first-order chi connectivity index (χ1) is 9.99. The van der Waals surface area contributed by atoms with Gasteiger partial charge in [0.25, 0.3) is 0 Å². The number of anilines is 3. The summed E-state index contributed by atoms with van der Waals surface area (Å²) in [6.07, 6.45) is 0. The molecule has 0 spiro atoms. The van der Waals surface area contributed by atoms with Crippen molar-refractivity contribution >= 4 is 17.2 Å². The number of rotatable bonds is 5. The quantitative estimate of drug-likeness (QED) is 0.908. The van der Waals surface area contributed by atoms with Crippen molar-refractivity contribution in [2.24, 2.45) is 5.92 Å². The lowest BCUT2D eigenvalue weighted by Gasteiger charge is -2.21. The number of ether oxygens (including phenoxy) is 1. The molecule has 1 heterocycles. The smallest absolute Gasteiger partial charge is 0.239 e. The lowest BCUT2D eigenvalue weighted by molar-refractivity contribution is 0.263. The number of hydrogen-bond acceptors (Lipinski definition) is 4. The van der Waals surface area contributed by atoms with Gasteiger partial charge in [0.2, 0.25) is 5.88 Å². The first-order valence-electron chi connectivity index (χ1n) is 7.17. The Balaban J connectivity index is 2.28. The van der Waals surface area contributed by atoms with Gasteiger partial charge in [0.1, 0.15) is 5.82 Å². The Morgan fingerprint density at radius 3 is 2.57 bits per heavy atom. The summed E-state index contributed by atoms with van der Waals surface area (Å²) in [5.41, 5.74) is 8.82. The maximum atomic E-state index is 5.94. The van der Waals surface area contributed by atoms with Crippen molar-refractivity contribution < 1.29 is 4.74 Å². The van der Waals surface area contributed by atoms with E-state index in [1.807, 2.05) is 36.2 Å². The summed E-state index contributed by atoms with van der Waals surface area (Å²) in [7, 11) is 1.99. The van der Waals surface area contributed by atoms with Gasteiger partial charge in [-0.3, -0.25) is 0 Å². The van der Waals surface area contributed by atoms with E-state index < -0.39 is 0 Å². The van der Waals surface area contributed by atoms with Crippen molar-refractivity contribution in [2.45, 2.75) is 20.8 Å². The minimum Gasteiger partial charge on any atom is -0.476 e. The van der Waals surface area contributed by atoms with Gasteiger partial charge >= 0.3 is 0 Å². The van der Waals surface area contributed by atoms with Crippen LogP contribution in [-0.2, 0) is 0 Å². The predicted molar refractivity (Wildman–Crippen MR) is 88.2 cm³/mol. The Hall–Kier alpha value is -2.23. The number of benzene rings is 1. The van der Waals surface area contributed by atoms with Crippen LogP contribution in [0.15, 0.2) is 36.4 Å². The van der Waals surface area contributed by atoms with Crippen molar-refractivity contribution in [1.82, 2.24) is 4.98 Å². The Morgan fingerprint density at radius 2 is 1.90 bits per heavy atom. The predicted octanol–water partition coefficient (Wildman–Crippen LogP) is 3.77. The number of para-hydroxylation sites is 1. The van der Waals surface area contributed by atoms with Crippen molar-refractivity contribution in [3.05, 3.63) is 42.0 Å². The molecule has 2 rings (SSSR count). The molecule has 0 aliphatic carbocycles. The Kier molecular flexibility index (Phi) is 4.68. The first-order valence-corrected chi connectivity index (χ1v) is 7.17. The molecule has 21 heavy (non-hydrogen) atoms. The number of nitrogens with zero attached hydrogens (tertiary/aromatic N) is 2. The molecule has 0 radical (unpaired) electrons. The first kappa shape index (κ1) is 15.2. The van der Waals surface area contributed by atoms with Crippen LogP contribution in [0.3, 0.4) is 0 Å². The number of aromatic nitrogens is 1. The molecule has 2 N–H and O–H groups in total. The van der Waals surface area contributed by atoms with Gasteiger partial charge in [-0.05, 0) is 36.6 Å².